The van der Waals surface area contributed by atoms with E-state index in [4.69, 9.17) is 9.47 Å². The van der Waals surface area contributed by atoms with Gasteiger partial charge >= 0.3 is 0 Å². The molecular formula is C23H28N2O3. The molecule has 1 heterocycles. The average Bonchev–Trinajstić information content (AvgIpc) is 2.73. The molecule has 0 aliphatic heterocycles. The second-order valence-corrected chi connectivity index (χ2v) is 7.84. The predicted octanol–water partition coefficient (Wildman–Crippen LogP) is 3.73. The van der Waals surface area contributed by atoms with Crippen LogP contribution in [0.4, 0.5) is 0 Å². The largest absolute Gasteiger partial charge is 0.493 e. The lowest BCUT2D eigenvalue weighted by atomic mass is 9.53. The highest BCUT2D eigenvalue weighted by atomic mass is 16.5. The van der Waals surface area contributed by atoms with Crippen molar-refractivity contribution in [2.24, 2.45) is 11.8 Å². The van der Waals surface area contributed by atoms with E-state index in [1.807, 2.05) is 24.3 Å². The maximum atomic E-state index is 12.7. The van der Waals surface area contributed by atoms with Crippen LogP contribution in [0.15, 0.2) is 42.6 Å². The van der Waals surface area contributed by atoms with Gasteiger partial charge in [0.15, 0.2) is 11.5 Å². The molecule has 0 radical (unpaired) electrons. The van der Waals surface area contributed by atoms with Crippen LogP contribution in [0.3, 0.4) is 0 Å². The molecule has 2 aliphatic rings. The summed E-state index contributed by atoms with van der Waals surface area (Å²) in [6.45, 7) is 0. The molecule has 2 aliphatic carbocycles. The highest BCUT2D eigenvalue weighted by Crippen LogP contribution is 2.55. The fourth-order valence-electron chi connectivity index (χ4n) is 5.08. The van der Waals surface area contributed by atoms with Crippen LogP contribution in [0.25, 0.3) is 0 Å². The van der Waals surface area contributed by atoms with Gasteiger partial charge in [0.25, 0.3) is 0 Å². The summed E-state index contributed by atoms with van der Waals surface area (Å²) < 4.78 is 10.9. The van der Waals surface area contributed by atoms with Crippen molar-refractivity contribution in [2.45, 2.75) is 44.1 Å². The number of pyridine rings is 1. The number of nitrogens with zero attached hydrogens (tertiary/aromatic N) is 1. The Labute approximate surface area is 166 Å². The molecular weight excluding hydrogens is 352 g/mol. The Hall–Kier alpha value is -2.56. The summed E-state index contributed by atoms with van der Waals surface area (Å²) in [6, 6.07) is 12.0. The number of hydrogen-bond acceptors (Lipinski definition) is 4. The Balaban J connectivity index is 1.53. The van der Waals surface area contributed by atoms with Crippen molar-refractivity contribution in [3.8, 4) is 11.5 Å². The van der Waals surface area contributed by atoms with Crippen LogP contribution in [0.1, 0.15) is 42.9 Å². The molecule has 1 N–H and O–H groups in total. The van der Waals surface area contributed by atoms with Gasteiger partial charge in [-0.2, -0.15) is 0 Å². The van der Waals surface area contributed by atoms with Crippen LogP contribution < -0.4 is 14.8 Å². The summed E-state index contributed by atoms with van der Waals surface area (Å²) in [5.41, 5.74) is 2.03. The van der Waals surface area contributed by atoms with E-state index >= 15 is 0 Å². The number of carbonyl (C=O) groups excluding carboxylic acids is 1. The quantitative estimate of drug-likeness (QED) is 0.830. The number of benzene rings is 1. The van der Waals surface area contributed by atoms with Crippen molar-refractivity contribution in [2.75, 3.05) is 14.2 Å². The highest BCUT2D eigenvalue weighted by molar-refractivity contribution is 5.78. The van der Waals surface area contributed by atoms with E-state index in [9.17, 15) is 4.79 Å². The Bertz CT molecular complexity index is 824. The molecule has 148 valence electrons. The van der Waals surface area contributed by atoms with Gasteiger partial charge in [0.1, 0.15) is 0 Å². The number of aromatic nitrogens is 1. The minimum atomic E-state index is 0.0539. The van der Waals surface area contributed by atoms with Crippen molar-refractivity contribution < 1.29 is 14.3 Å². The van der Waals surface area contributed by atoms with E-state index in [0.29, 0.717) is 24.2 Å². The van der Waals surface area contributed by atoms with Crippen molar-refractivity contribution in [1.29, 1.82) is 0 Å². The van der Waals surface area contributed by atoms with Gasteiger partial charge in [0.05, 0.1) is 20.6 Å². The van der Waals surface area contributed by atoms with Crippen molar-refractivity contribution in [3.63, 3.8) is 0 Å². The van der Waals surface area contributed by atoms with Crippen LogP contribution in [0.2, 0.25) is 0 Å². The monoisotopic (exact) mass is 380 g/mol. The van der Waals surface area contributed by atoms with E-state index in [0.717, 1.165) is 17.2 Å². The van der Waals surface area contributed by atoms with Gasteiger partial charge in [-0.1, -0.05) is 25.0 Å². The number of rotatable bonds is 6. The lowest BCUT2D eigenvalue weighted by Gasteiger charge is -2.55. The third-order valence-corrected chi connectivity index (χ3v) is 6.37. The first-order valence-electron chi connectivity index (χ1n) is 10.1. The summed E-state index contributed by atoms with van der Waals surface area (Å²) in [7, 11) is 3.32. The van der Waals surface area contributed by atoms with Gasteiger partial charge in [0.2, 0.25) is 5.91 Å². The second kappa shape index (κ2) is 8.21. The molecule has 2 aromatic rings. The zero-order valence-electron chi connectivity index (χ0n) is 16.6. The second-order valence-electron chi connectivity index (χ2n) is 7.84. The molecule has 5 nitrogen and oxygen atoms in total. The first-order chi connectivity index (χ1) is 13.7. The molecule has 1 amide bonds. The van der Waals surface area contributed by atoms with Crippen LogP contribution in [-0.4, -0.2) is 31.2 Å². The molecule has 1 aromatic carbocycles. The smallest absolute Gasteiger partial charge is 0.226 e. The minimum absolute atomic E-state index is 0.0539. The third kappa shape index (κ3) is 3.58. The molecule has 2 saturated carbocycles. The van der Waals surface area contributed by atoms with Gasteiger partial charge in [-0.25, -0.2) is 0 Å². The van der Waals surface area contributed by atoms with Gasteiger partial charge < -0.3 is 14.8 Å². The molecule has 28 heavy (non-hydrogen) atoms. The molecule has 5 heteroatoms. The number of nitrogens with one attached hydrogen (secondary N) is 1. The average molecular weight is 380 g/mol. The van der Waals surface area contributed by atoms with Crippen molar-refractivity contribution in [1.82, 2.24) is 10.3 Å². The summed E-state index contributed by atoms with van der Waals surface area (Å²) in [5.74, 6) is 3.07. The maximum Gasteiger partial charge on any atom is 0.226 e. The fraction of sp³-hybridized carbons (Fsp3) is 0.478. The summed E-state index contributed by atoms with van der Waals surface area (Å²) >= 11 is 0. The highest BCUT2D eigenvalue weighted by Gasteiger charge is 2.51. The molecule has 4 rings (SSSR count). The zero-order valence-corrected chi connectivity index (χ0v) is 16.6. The summed E-state index contributed by atoms with van der Waals surface area (Å²) in [5, 5.41) is 3.33. The van der Waals surface area contributed by atoms with Gasteiger partial charge in [-0.05, 0) is 54.5 Å². The Morgan fingerprint density at radius 3 is 2.57 bits per heavy atom. The van der Waals surface area contributed by atoms with E-state index < -0.39 is 0 Å². The first kappa shape index (κ1) is 18.8. The van der Waals surface area contributed by atoms with Crippen molar-refractivity contribution >= 4 is 5.91 Å². The molecule has 1 aromatic heterocycles. The molecule has 0 spiro atoms. The Morgan fingerprint density at radius 1 is 1.07 bits per heavy atom. The number of hydrogen-bond donors (Lipinski definition) is 1. The van der Waals surface area contributed by atoms with Crippen LogP contribution >= 0.6 is 0 Å². The number of amides is 1. The maximum absolute atomic E-state index is 12.7. The fourth-order valence-corrected chi connectivity index (χ4v) is 5.08. The molecule has 2 fully saturated rings. The first-order valence-corrected chi connectivity index (χ1v) is 10.1. The van der Waals surface area contributed by atoms with Crippen LogP contribution in [0.5, 0.6) is 11.5 Å². The molecule has 0 bridgehead atoms. The molecule has 0 unspecified atom stereocenters. The topological polar surface area (TPSA) is 60.5 Å². The number of methoxy groups -OCH3 is 2. The van der Waals surface area contributed by atoms with E-state index in [1.165, 1.54) is 31.2 Å². The van der Waals surface area contributed by atoms with Crippen LogP contribution in [0, 0.1) is 11.8 Å². The van der Waals surface area contributed by atoms with Gasteiger partial charge in [0, 0.05) is 23.9 Å². The Morgan fingerprint density at radius 2 is 1.86 bits per heavy atom. The normalized spacial score (nSPS) is 25.9. The summed E-state index contributed by atoms with van der Waals surface area (Å²) in [6.07, 6.45) is 7.02. The van der Waals surface area contributed by atoms with Gasteiger partial charge in [-0.3, -0.25) is 9.78 Å². The van der Waals surface area contributed by atoms with E-state index in [1.54, 1.807) is 20.4 Å². The standard InChI is InChI=1S/C23H28N2O3/c1-27-19-11-10-15(13-20(19)28-2)22-17-8-3-4-9-18(17)23(22)25-21(26)14-16-7-5-6-12-24-16/h5-7,10-13,17-18,22-23H,3-4,8-9,14H2,1-2H3,(H,25,26)/t17-,18-,22-,23-/m0/s1. The van der Waals surface area contributed by atoms with Crippen molar-refractivity contribution in [3.05, 3.63) is 53.9 Å². The summed E-state index contributed by atoms with van der Waals surface area (Å²) in [4.78, 5) is 17.0. The SMILES string of the molecule is COc1ccc([C@H]2[C@H]3CCCC[C@@H]3[C@@H]2NC(=O)Cc2ccccn2)cc1OC. The third-order valence-electron chi connectivity index (χ3n) is 6.37. The molecule has 0 saturated heterocycles. The number of ether oxygens (including phenoxy) is 2. The number of carbonyl (C=O) groups is 1. The van der Waals surface area contributed by atoms with Gasteiger partial charge in [-0.15, -0.1) is 0 Å². The lowest BCUT2D eigenvalue weighted by molar-refractivity contribution is -0.124. The lowest BCUT2D eigenvalue weighted by Crippen LogP contribution is -2.59. The Kier molecular flexibility index (Phi) is 5.51. The number of fused-ring (bicyclic) bond motifs is 1. The predicted molar refractivity (Wildman–Crippen MR) is 108 cm³/mol. The van der Waals surface area contributed by atoms with E-state index in [-0.39, 0.29) is 11.9 Å². The molecule has 4 atom stereocenters. The van der Waals surface area contributed by atoms with E-state index in [2.05, 4.69) is 22.4 Å². The van der Waals surface area contributed by atoms with Crippen LogP contribution in [-0.2, 0) is 11.2 Å². The zero-order chi connectivity index (χ0) is 19.5. The minimum Gasteiger partial charge on any atom is -0.493 e.